The van der Waals surface area contributed by atoms with E-state index in [1.54, 1.807) is 36.4 Å². The fourth-order valence-corrected chi connectivity index (χ4v) is 3.98. The Morgan fingerprint density at radius 2 is 1.46 bits per heavy atom. The van der Waals surface area contributed by atoms with Crippen LogP contribution in [0.2, 0.25) is 0 Å². The predicted molar refractivity (Wildman–Crippen MR) is 144 cm³/mol. The zero-order valence-corrected chi connectivity index (χ0v) is 20.6. The van der Waals surface area contributed by atoms with Crippen LogP contribution >= 0.6 is 0 Å². The summed E-state index contributed by atoms with van der Waals surface area (Å²) in [5.41, 5.74) is 4.07. The fourth-order valence-electron chi connectivity index (χ4n) is 3.98. The van der Waals surface area contributed by atoms with Gasteiger partial charge in [0, 0.05) is 48.6 Å². The van der Waals surface area contributed by atoms with Gasteiger partial charge in [-0.05, 0) is 55.7 Å². The van der Waals surface area contributed by atoms with Gasteiger partial charge in [-0.25, -0.2) is 5.43 Å². The Balaban J connectivity index is 1.32. The van der Waals surface area contributed by atoms with E-state index in [9.17, 15) is 20.2 Å². The SMILES string of the molecule is O=[N+]([O-])c1ccc(Nc2nc(N/N=C/c3ccc(-c4ccc([N+](=O)[O-])cc4)o3)nc(N3CCCCC3)n2)cc1. The molecule has 0 aliphatic carbocycles. The molecule has 1 aliphatic rings. The Morgan fingerprint density at radius 1 is 0.821 bits per heavy atom. The van der Waals surface area contributed by atoms with Gasteiger partial charge in [-0.3, -0.25) is 20.2 Å². The van der Waals surface area contributed by atoms with Gasteiger partial charge >= 0.3 is 0 Å². The van der Waals surface area contributed by atoms with Crippen LogP contribution in [-0.4, -0.2) is 44.1 Å². The lowest BCUT2D eigenvalue weighted by molar-refractivity contribution is -0.385. The van der Waals surface area contributed by atoms with Crippen molar-refractivity contribution in [3.63, 3.8) is 0 Å². The van der Waals surface area contributed by atoms with Crippen LogP contribution < -0.4 is 15.6 Å². The van der Waals surface area contributed by atoms with E-state index in [1.807, 2.05) is 0 Å². The highest BCUT2D eigenvalue weighted by molar-refractivity contribution is 5.78. The number of nitro benzene ring substituents is 2. The van der Waals surface area contributed by atoms with Crippen LogP contribution in [0.25, 0.3) is 11.3 Å². The largest absolute Gasteiger partial charge is 0.455 e. The monoisotopic (exact) mass is 529 g/mol. The van der Waals surface area contributed by atoms with Gasteiger partial charge in [0.1, 0.15) is 11.5 Å². The molecule has 4 aromatic rings. The lowest BCUT2D eigenvalue weighted by Gasteiger charge is -2.26. The average Bonchev–Trinajstić information content (AvgIpc) is 3.43. The molecule has 0 spiro atoms. The summed E-state index contributed by atoms with van der Waals surface area (Å²) in [6, 6.07) is 15.5. The molecule has 3 heterocycles. The highest BCUT2D eigenvalue weighted by atomic mass is 16.6. The number of hydrogen-bond acceptors (Lipinski definition) is 12. The standard InChI is InChI=1S/C25H23N9O5/c35-33(36)19-8-4-17(5-9-19)22-13-12-21(39-22)16-26-31-24-28-23(27-18-6-10-20(11-7-18)34(37)38)29-25(30-24)32-14-2-1-3-15-32/h4-13,16H,1-3,14-15H2,(H2,27,28,29,30,31)/b26-16+. The number of anilines is 4. The summed E-state index contributed by atoms with van der Waals surface area (Å²) in [5.74, 6) is 1.94. The molecule has 0 unspecified atom stereocenters. The van der Waals surface area contributed by atoms with E-state index in [2.05, 4.69) is 35.7 Å². The summed E-state index contributed by atoms with van der Waals surface area (Å²) >= 11 is 0. The Labute approximate surface area is 221 Å². The van der Waals surface area contributed by atoms with Crippen molar-refractivity contribution in [3.05, 3.63) is 86.7 Å². The van der Waals surface area contributed by atoms with Gasteiger partial charge in [0.05, 0.1) is 16.1 Å². The third kappa shape index (κ3) is 6.30. The minimum Gasteiger partial charge on any atom is -0.455 e. The molecule has 198 valence electrons. The van der Waals surface area contributed by atoms with Crippen LogP contribution in [0.3, 0.4) is 0 Å². The van der Waals surface area contributed by atoms with Gasteiger partial charge in [0.2, 0.25) is 17.8 Å². The molecule has 5 rings (SSSR count). The van der Waals surface area contributed by atoms with Crippen molar-refractivity contribution in [1.29, 1.82) is 0 Å². The Hall–Kier alpha value is -5.40. The van der Waals surface area contributed by atoms with Crippen molar-refractivity contribution in [3.8, 4) is 11.3 Å². The topological polar surface area (TPSA) is 178 Å². The molecule has 1 aliphatic heterocycles. The molecule has 0 radical (unpaired) electrons. The minimum atomic E-state index is -0.463. The summed E-state index contributed by atoms with van der Waals surface area (Å²) < 4.78 is 5.78. The second kappa shape index (κ2) is 11.3. The first-order valence-electron chi connectivity index (χ1n) is 12.1. The van der Waals surface area contributed by atoms with Gasteiger partial charge in [-0.15, -0.1) is 0 Å². The van der Waals surface area contributed by atoms with Gasteiger partial charge in [-0.2, -0.15) is 20.1 Å². The molecule has 2 N–H and O–H groups in total. The molecule has 0 atom stereocenters. The van der Waals surface area contributed by atoms with Crippen LogP contribution in [0, 0.1) is 20.2 Å². The molecule has 14 nitrogen and oxygen atoms in total. The second-order valence-electron chi connectivity index (χ2n) is 8.64. The summed E-state index contributed by atoms with van der Waals surface area (Å²) in [7, 11) is 0. The van der Waals surface area contributed by atoms with Crippen LogP contribution in [0.1, 0.15) is 25.0 Å². The Kier molecular flexibility index (Phi) is 7.34. The number of nitro groups is 2. The molecule has 1 saturated heterocycles. The number of hydrazone groups is 1. The van der Waals surface area contributed by atoms with Crippen molar-refractivity contribution in [2.24, 2.45) is 5.10 Å². The minimum absolute atomic E-state index is 0.00000258. The normalized spacial score (nSPS) is 13.4. The number of aromatic nitrogens is 3. The first-order chi connectivity index (χ1) is 18.9. The highest BCUT2D eigenvalue weighted by Crippen LogP contribution is 2.25. The van der Waals surface area contributed by atoms with Crippen molar-refractivity contribution >= 4 is 41.1 Å². The number of piperidine rings is 1. The van der Waals surface area contributed by atoms with E-state index in [-0.39, 0.29) is 23.3 Å². The zero-order chi connectivity index (χ0) is 27.2. The number of nitrogens with one attached hydrogen (secondary N) is 2. The van der Waals surface area contributed by atoms with Gasteiger partial charge < -0.3 is 14.6 Å². The molecular formula is C25H23N9O5. The molecule has 14 heteroatoms. The third-order valence-electron chi connectivity index (χ3n) is 5.94. The number of benzene rings is 2. The van der Waals surface area contributed by atoms with E-state index >= 15 is 0 Å². The summed E-state index contributed by atoms with van der Waals surface area (Å²) in [6.45, 7) is 1.64. The van der Waals surface area contributed by atoms with E-state index < -0.39 is 9.85 Å². The lowest BCUT2D eigenvalue weighted by atomic mass is 10.1. The van der Waals surface area contributed by atoms with Gasteiger partial charge in [0.25, 0.3) is 11.4 Å². The van der Waals surface area contributed by atoms with Gasteiger partial charge in [0.15, 0.2) is 0 Å². The molecule has 0 saturated carbocycles. The lowest BCUT2D eigenvalue weighted by Crippen LogP contribution is -2.31. The molecule has 39 heavy (non-hydrogen) atoms. The molecule has 0 amide bonds. The van der Waals surface area contributed by atoms with E-state index in [0.29, 0.717) is 28.7 Å². The number of non-ortho nitro benzene ring substituents is 2. The van der Waals surface area contributed by atoms with Crippen LogP contribution in [0.4, 0.5) is 34.9 Å². The zero-order valence-electron chi connectivity index (χ0n) is 20.6. The van der Waals surface area contributed by atoms with Crippen molar-refractivity contribution in [2.45, 2.75) is 19.3 Å². The number of rotatable bonds is 9. The number of furan rings is 1. The summed E-state index contributed by atoms with van der Waals surface area (Å²) in [5, 5.41) is 29.1. The smallest absolute Gasteiger partial charge is 0.269 e. The number of nitrogens with zero attached hydrogens (tertiary/aromatic N) is 7. The van der Waals surface area contributed by atoms with Crippen LogP contribution in [0.5, 0.6) is 0 Å². The second-order valence-corrected chi connectivity index (χ2v) is 8.64. The van der Waals surface area contributed by atoms with Crippen molar-refractivity contribution < 1.29 is 14.3 Å². The van der Waals surface area contributed by atoms with E-state index in [0.717, 1.165) is 32.4 Å². The van der Waals surface area contributed by atoms with Crippen molar-refractivity contribution in [1.82, 2.24) is 15.0 Å². The maximum Gasteiger partial charge on any atom is 0.269 e. The summed E-state index contributed by atoms with van der Waals surface area (Å²) in [4.78, 5) is 36.4. The highest BCUT2D eigenvalue weighted by Gasteiger charge is 2.17. The average molecular weight is 530 g/mol. The summed E-state index contributed by atoms with van der Waals surface area (Å²) in [6.07, 6.45) is 4.68. The quantitative estimate of drug-likeness (QED) is 0.167. The Morgan fingerprint density at radius 3 is 2.13 bits per heavy atom. The fraction of sp³-hybridized carbons (Fsp3) is 0.200. The molecule has 2 aromatic heterocycles. The maximum atomic E-state index is 10.9. The molecule has 1 fully saturated rings. The van der Waals surface area contributed by atoms with E-state index in [1.165, 1.54) is 30.5 Å². The first kappa shape index (κ1) is 25.3. The molecule has 0 bridgehead atoms. The maximum absolute atomic E-state index is 10.9. The first-order valence-corrected chi connectivity index (χ1v) is 12.1. The third-order valence-corrected chi connectivity index (χ3v) is 5.94. The van der Waals surface area contributed by atoms with E-state index in [4.69, 9.17) is 4.42 Å². The predicted octanol–water partition coefficient (Wildman–Crippen LogP) is 5.13. The van der Waals surface area contributed by atoms with Crippen molar-refractivity contribution in [2.75, 3.05) is 28.7 Å². The number of hydrogen-bond donors (Lipinski definition) is 2. The molecule has 2 aromatic carbocycles. The Bertz CT molecular complexity index is 1500. The van der Waals surface area contributed by atoms with Gasteiger partial charge in [-0.1, -0.05) is 0 Å². The van der Waals surface area contributed by atoms with Crippen LogP contribution in [-0.2, 0) is 0 Å². The van der Waals surface area contributed by atoms with Crippen LogP contribution in [0.15, 0.2) is 70.2 Å². The molecular weight excluding hydrogens is 506 g/mol.